The van der Waals surface area contributed by atoms with Crippen LogP contribution in [0.5, 0.6) is 5.75 Å². The zero-order chi connectivity index (χ0) is 13.5. The van der Waals surface area contributed by atoms with Gasteiger partial charge in [0.25, 0.3) is 0 Å². The third kappa shape index (κ3) is 4.31. The van der Waals surface area contributed by atoms with Crippen LogP contribution in [0.2, 0.25) is 0 Å². The zero-order valence-electron chi connectivity index (χ0n) is 11.6. The van der Waals surface area contributed by atoms with E-state index in [1.54, 1.807) is 0 Å². The molecule has 0 spiro atoms. The molecule has 1 aromatic carbocycles. The van der Waals surface area contributed by atoms with Gasteiger partial charge in [-0.2, -0.15) is 0 Å². The summed E-state index contributed by atoms with van der Waals surface area (Å²) in [6.07, 6.45) is 3.69. The molecule has 0 fully saturated rings. The van der Waals surface area contributed by atoms with E-state index in [1.165, 1.54) is 12.8 Å². The summed E-state index contributed by atoms with van der Waals surface area (Å²) in [6, 6.07) is 5.56. The first-order valence-corrected chi connectivity index (χ1v) is 6.72. The lowest BCUT2D eigenvalue weighted by Gasteiger charge is -2.17. The van der Waals surface area contributed by atoms with Gasteiger partial charge in [0.15, 0.2) is 0 Å². The molecule has 3 N–H and O–H groups in total. The van der Waals surface area contributed by atoms with Crippen LogP contribution in [0.1, 0.15) is 50.3 Å². The van der Waals surface area contributed by atoms with Crippen LogP contribution in [-0.4, -0.2) is 17.8 Å². The van der Waals surface area contributed by atoms with Crippen LogP contribution < -0.4 is 10.5 Å². The summed E-state index contributed by atoms with van der Waals surface area (Å²) in [6.45, 7) is 6.24. The smallest absolute Gasteiger partial charge is 0.119 e. The van der Waals surface area contributed by atoms with Crippen molar-refractivity contribution in [3.8, 4) is 5.75 Å². The first kappa shape index (κ1) is 15.0. The molecule has 0 aliphatic heterocycles. The Morgan fingerprint density at radius 2 is 2.11 bits per heavy atom. The average molecular weight is 251 g/mol. The van der Waals surface area contributed by atoms with E-state index in [0.29, 0.717) is 0 Å². The van der Waals surface area contributed by atoms with E-state index >= 15 is 0 Å². The molecule has 0 heterocycles. The van der Waals surface area contributed by atoms with E-state index in [2.05, 4.69) is 13.8 Å². The molecule has 3 heteroatoms. The van der Waals surface area contributed by atoms with Gasteiger partial charge < -0.3 is 15.6 Å². The molecule has 0 aliphatic rings. The molecular formula is C15H25NO2. The van der Waals surface area contributed by atoms with Crippen molar-refractivity contribution in [2.45, 2.75) is 52.2 Å². The lowest BCUT2D eigenvalue weighted by Crippen LogP contribution is -2.16. The molecule has 1 aromatic rings. The van der Waals surface area contributed by atoms with Crippen molar-refractivity contribution in [3.63, 3.8) is 0 Å². The Balaban J connectivity index is 2.66. The summed E-state index contributed by atoms with van der Waals surface area (Å²) in [7, 11) is 0. The number of ether oxygens (including phenoxy) is 1. The van der Waals surface area contributed by atoms with E-state index in [-0.39, 0.29) is 18.8 Å². The van der Waals surface area contributed by atoms with Crippen LogP contribution in [-0.2, 0) is 0 Å². The van der Waals surface area contributed by atoms with Crippen molar-refractivity contribution in [2.24, 2.45) is 5.73 Å². The van der Waals surface area contributed by atoms with Gasteiger partial charge in [0.1, 0.15) is 5.75 Å². The molecular weight excluding hydrogens is 226 g/mol. The van der Waals surface area contributed by atoms with Gasteiger partial charge in [0.05, 0.1) is 18.8 Å². The summed E-state index contributed by atoms with van der Waals surface area (Å²) in [5.41, 5.74) is 7.87. The normalized spacial score (nSPS) is 14.3. The fourth-order valence-corrected chi connectivity index (χ4v) is 2.02. The van der Waals surface area contributed by atoms with Crippen molar-refractivity contribution in [3.05, 3.63) is 29.3 Å². The number of nitrogens with two attached hydrogens (primary N) is 1. The molecule has 1 rings (SSSR count). The largest absolute Gasteiger partial charge is 0.491 e. The molecule has 0 bridgehead atoms. The second-order valence-corrected chi connectivity index (χ2v) is 4.88. The molecule has 2 atom stereocenters. The zero-order valence-corrected chi connectivity index (χ0v) is 11.6. The van der Waals surface area contributed by atoms with Crippen LogP contribution >= 0.6 is 0 Å². The molecule has 0 aliphatic carbocycles. The maximum Gasteiger partial charge on any atom is 0.119 e. The summed E-state index contributed by atoms with van der Waals surface area (Å²) in [4.78, 5) is 0. The molecule has 0 saturated heterocycles. The maximum atomic E-state index is 9.07. The Bertz CT molecular complexity index is 366. The van der Waals surface area contributed by atoms with Crippen LogP contribution in [0, 0.1) is 6.92 Å². The number of rotatable bonds is 7. The van der Waals surface area contributed by atoms with Crippen molar-refractivity contribution >= 4 is 0 Å². The number of hydrogen-bond acceptors (Lipinski definition) is 3. The quantitative estimate of drug-likeness (QED) is 0.783. The van der Waals surface area contributed by atoms with Crippen molar-refractivity contribution in [1.29, 1.82) is 0 Å². The minimum absolute atomic E-state index is 0.0338. The van der Waals surface area contributed by atoms with Gasteiger partial charge in [-0.05, 0) is 43.5 Å². The van der Waals surface area contributed by atoms with Crippen LogP contribution in [0.4, 0.5) is 0 Å². The molecule has 102 valence electrons. The van der Waals surface area contributed by atoms with Gasteiger partial charge in [-0.15, -0.1) is 0 Å². The van der Waals surface area contributed by atoms with Crippen LogP contribution in [0.15, 0.2) is 18.2 Å². The van der Waals surface area contributed by atoms with E-state index in [0.717, 1.165) is 23.3 Å². The third-order valence-corrected chi connectivity index (χ3v) is 3.14. The van der Waals surface area contributed by atoms with Crippen molar-refractivity contribution < 1.29 is 9.84 Å². The highest BCUT2D eigenvalue weighted by atomic mass is 16.5. The Labute approximate surface area is 110 Å². The Morgan fingerprint density at radius 3 is 2.67 bits per heavy atom. The van der Waals surface area contributed by atoms with E-state index in [9.17, 15) is 0 Å². The van der Waals surface area contributed by atoms with Gasteiger partial charge in [0.2, 0.25) is 0 Å². The fraction of sp³-hybridized carbons (Fsp3) is 0.600. The third-order valence-electron chi connectivity index (χ3n) is 3.14. The van der Waals surface area contributed by atoms with Crippen LogP contribution in [0.3, 0.4) is 0 Å². The number of aliphatic hydroxyl groups is 1. The van der Waals surface area contributed by atoms with Crippen LogP contribution in [0.25, 0.3) is 0 Å². The highest BCUT2D eigenvalue weighted by molar-refractivity contribution is 5.36. The number of aliphatic hydroxyl groups excluding tert-OH is 1. The summed E-state index contributed by atoms with van der Waals surface area (Å²) < 4.78 is 5.86. The predicted octanol–water partition coefficient (Wildman–Crippen LogP) is 2.94. The average Bonchev–Trinajstić information content (AvgIpc) is 2.35. The van der Waals surface area contributed by atoms with Crippen molar-refractivity contribution in [2.75, 3.05) is 6.61 Å². The SMILES string of the molecule is CCCCC(C)Oc1ccc([C@@H](N)CO)c(C)c1. The molecule has 0 radical (unpaired) electrons. The van der Waals surface area contributed by atoms with Gasteiger partial charge in [0, 0.05) is 0 Å². The monoisotopic (exact) mass is 251 g/mol. The maximum absolute atomic E-state index is 9.07. The Kier molecular flexibility index (Phi) is 6.16. The highest BCUT2D eigenvalue weighted by Gasteiger charge is 2.10. The molecule has 3 nitrogen and oxygen atoms in total. The van der Waals surface area contributed by atoms with E-state index < -0.39 is 0 Å². The van der Waals surface area contributed by atoms with Gasteiger partial charge in [-0.3, -0.25) is 0 Å². The number of aryl methyl sites for hydroxylation is 1. The lowest BCUT2D eigenvalue weighted by molar-refractivity contribution is 0.207. The first-order valence-electron chi connectivity index (χ1n) is 6.72. The minimum atomic E-state index is -0.309. The topological polar surface area (TPSA) is 55.5 Å². The summed E-state index contributed by atoms with van der Waals surface area (Å²) in [5, 5.41) is 9.07. The number of hydrogen-bond donors (Lipinski definition) is 2. The minimum Gasteiger partial charge on any atom is -0.491 e. The summed E-state index contributed by atoms with van der Waals surface area (Å²) in [5.74, 6) is 0.880. The molecule has 0 saturated carbocycles. The van der Waals surface area contributed by atoms with Crippen molar-refractivity contribution in [1.82, 2.24) is 0 Å². The molecule has 1 unspecified atom stereocenters. The number of unbranched alkanes of at least 4 members (excludes halogenated alkanes) is 1. The second-order valence-electron chi connectivity index (χ2n) is 4.88. The van der Waals surface area contributed by atoms with E-state index in [1.807, 2.05) is 25.1 Å². The second kappa shape index (κ2) is 7.39. The first-order chi connectivity index (χ1) is 8.58. The fourth-order valence-electron chi connectivity index (χ4n) is 2.02. The van der Waals surface area contributed by atoms with Gasteiger partial charge in [-0.1, -0.05) is 25.8 Å². The number of benzene rings is 1. The Morgan fingerprint density at radius 1 is 1.39 bits per heavy atom. The predicted molar refractivity (Wildman–Crippen MR) is 74.8 cm³/mol. The highest BCUT2D eigenvalue weighted by Crippen LogP contribution is 2.22. The standard InChI is InChI=1S/C15H25NO2/c1-4-5-6-12(3)18-13-7-8-14(11(2)9-13)15(16)10-17/h7-9,12,15,17H,4-6,10,16H2,1-3H3/t12?,15-/m0/s1. The molecule has 18 heavy (non-hydrogen) atoms. The summed E-state index contributed by atoms with van der Waals surface area (Å²) >= 11 is 0. The molecule has 0 aromatic heterocycles. The Hall–Kier alpha value is -1.06. The molecule has 0 amide bonds. The van der Waals surface area contributed by atoms with Gasteiger partial charge in [-0.25, -0.2) is 0 Å². The lowest BCUT2D eigenvalue weighted by atomic mass is 10.0. The van der Waals surface area contributed by atoms with Gasteiger partial charge >= 0.3 is 0 Å². The van der Waals surface area contributed by atoms with E-state index in [4.69, 9.17) is 15.6 Å².